The van der Waals surface area contributed by atoms with E-state index in [1.807, 2.05) is 0 Å². The monoisotopic (exact) mass is 214 g/mol. The number of ether oxygens (including phenoxy) is 1. The van der Waals surface area contributed by atoms with Gasteiger partial charge in [0, 0.05) is 24.6 Å². The second-order valence-corrected chi connectivity index (χ2v) is 3.81. The van der Waals surface area contributed by atoms with Crippen molar-refractivity contribution in [3.05, 3.63) is 29.8 Å². The molecule has 2 unspecified atom stereocenters. The summed E-state index contributed by atoms with van der Waals surface area (Å²) in [6.07, 6.45) is 1.44. The molecule has 0 saturated heterocycles. The van der Waals surface area contributed by atoms with Crippen LogP contribution in [0.5, 0.6) is 5.75 Å². The summed E-state index contributed by atoms with van der Waals surface area (Å²) in [4.78, 5) is 0. The van der Waals surface area contributed by atoms with Crippen LogP contribution in [0.2, 0.25) is 0 Å². The standard InChI is InChI=1S/C11H12F2O2/c12-7-3-8(13)5-11(4-7)15-10-2-1-9(14)6-10/h3-5,9-10,14H,1-2,6H2. The van der Waals surface area contributed by atoms with Gasteiger partial charge >= 0.3 is 0 Å². The molecule has 1 saturated carbocycles. The van der Waals surface area contributed by atoms with Crippen LogP contribution in [0, 0.1) is 11.6 Å². The summed E-state index contributed by atoms with van der Waals surface area (Å²) in [7, 11) is 0. The molecule has 0 radical (unpaired) electrons. The van der Waals surface area contributed by atoms with Gasteiger partial charge in [-0.15, -0.1) is 0 Å². The Hall–Kier alpha value is -1.16. The Balaban J connectivity index is 2.04. The minimum absolute atomic E-state index is 0.138. The third-order valence-corrected chi connectivity index (χ3v) is 2.50. The molecular formula is C11H12F2O2. The normalized spacial score (nSPS) is 25.5. The van der Waals surface area contributed by atoms with Gasteiger partial charge in [0.25, 0.3) is 0 Å². The molecule has 0 aromatic heterocycles. The van der Waals surface area contributed by atoms with E-state index in [1.54, 1.807) is 0 Å². The smallest absolute Gasteiger partial charge is 0.129 e. The molecule has 1 aromatic rings. The summed E-state index contributed by atoms with van der Waals surface area (Å²) < 4.78 is 31.0. The van der Waals surface area contributed by atoms with Crippen LogP contribution < -0.4 is 4.74 Å². The molecule has 2 nitrogen and oxygen atoms in total. The lowest BCUT2D eigenvalue weighted by Crippen LogP contribution is -2.13. The summed E-state index contributed by atoms with van der Waals surface area (Å²) >= 11 is 0. The van der Waals surface area contributed by atoms with Crippen molar-refractivity contribution in [1.82, 2.24) is 0 Å². The minimum atomic E-state index is -0.649. The molecule has 15 heavy (non-hydrogen) atoms. The van der Waals surface area contributed by atoms with Crippen molar-refractivity contribution in [2.45, 2.75) is 31.5 Å². The Morgan fingerprint density at radius 2 is 1.80 bits per heavy atom. The van der Waals surface area contributed by atoms with Crippen molar-refractivity contribution in [3.63, 3.8) is 0 Å². The topological polar surface area (TPSA) is 29.5 Å². The van der Waals surface area contributed by atoms with Gasteiger partial charge in [0.15, 0.2) is 0 Å². The molecule has 0 spiro atoms. The predicted octanol–water partition coefficient (Wildman–Crippen LogP) is 2.26. The van der Waals surface area contributed by atoms with Crippen molar-refractivity contribution in [3.8, 4) is 5.75 Å². The number of halogens is 2. The van der Waals surface area contributed by atoms with Crippen molar-refractivity contribution in [1.29, 1.82) is 0 Å². The lowest BCUT2D eigenvalue weighted by Gasteiger charge is -2.13. The van der Waals surface area contributed by atoms with Crippen molar-refractivity contribution in [2.24, 2.45) is 0 Å². The van der Waals surface area contributed by atoms with Crippen LogP contribution in [-0.4, -0.2) is 17.3 Å². The van der Waals surface area contributed by atoms with Gasteiger partial charge in [-0.3, -0.25) is 0 Å². The summed E-state index contributed by atoms with van der Waals surface area (Å²) in [5, 5.41) is 9.26. The molecule has 0 amide bonds. The van der Waals surface area contributed by atoms with Gasteiger partial charge in [0.2, 0.25) is 0 Å². The van der Waals surface area contributed by atoms with E-state index in [1.165, 1.54) is 0 Å². The summed E-state index contributed by atoms with van der Waals surface area (Å²) in [5.41, 5.74) is 0. The van der Waals surface area contributed by atoms with Crippen LogP contribution in [0.15, 0.2) is 18.2 Å². The Labute approximate surface area is 86.5 Å². The average molecular weight is 214 g/mol. The number of hydrogen-bond donors (Lipinski definition) is 1. The lowest BCUT2D eigenvalue weighted by molar-refractivity contribution is 0.149. The van der Waals surface area contributed by atoms with Crippen LogP contribution >= 0.6 is 0 Å². The highest BCUT2D eigenvalue weighted by Gasteiger charge is 2.24. The van der Waals surface area contributed by atoms with E-state index < -0.39 is 11.6 Å². The van der Waals surface area contributed by atoms with E-state index in [0.717, 1.165) is 24.6 Å². The van der Waals surface area contributed by atoms with Gasteiger partial charge in [-0.05, 0) is 12.8 Å². The molecule has 0 aliphatic heterocycles. The summed E-state index contributed by atoms with van der Waals surface area (Å²) in [6.45, 7) is 0. The van der Waals surface area contributed by atoms with E-state index in [0.29, 0.717) is 12.8 Å². The van der Waals surface area contributed by atoms with E-state index in [4.69, 9.17) is 4.74 Å². The second-order valence-electron chi connectivity index (χ2n) is 3.81. The first-order valence-electron chi connectivity index (χ1n) is 4.94. The zero-order valence-electron chi connectivity index (χ0n) is 8.12. The van der Waals surface area contributed by atoms with Gasteiger partial charge in [-0.25, -0.2) is 8.78 Å². The van der Waals surface area contributed by atoms with Crippen LogP contribution in [0.1, 0.15) is 19.3 Å². The summed E-state index contributed by atoms with van der Waals surface area (Å²) in [5.74, 6) is -1.11. The van der Waals surface area contributed by atoms with Crippen molar-refractivity contribution in [2.75, 3.05) is 0 Å². The first-order chi connectivity index (χ1) is 7.13. The van der Waals surface area contributed by atoms with Crippen LogP contribution in [0.3, 0.4) is 0 Å². The highest BCUT2D eigenvalue weighted by molar-refractivity contribution is 5.24. The maximum Gasteiger partial charge on any atom is 0.129 e. The number of aliphatic hydroxyl groups is 1. The third kappa shape index (κ3) is 2.65. The minimum Gasteiger partial charge on any atom is -0.490 e. The Morgan fingerprint density at radius 1 is 1.13 bits per heavy atom. The quantitative estimate of drug-likeness (QED) is 0.818. The van der Waals surface area contributed by atoms with Crippen molar-refractivity contribution < 1.29 is 18.6 Å². The molecule has 2 atom stereocenters. The van der Waals surface area contributed by atoms with E-state index >= 15 is 0 Å². The number of hydrogen-bond acceptors (Lipinski definition) is 2. The molecule has 82 valence electrons. The fraction of sp³-hybridized carbons (Fsp3) is 0.455. The Kier molecular flexibility index (Phi) is 2.86. The van der Waals surface area contributed by atoms with Gasteiger partial charge in [-0.1, -0.05) is 0 Å². The second kappa shape index (κ2) is 4.14. The molecule has 2 rings (SSSR count). The molecule has 1 N–H and O–H groups in total. The molecule has 0 bridgehead atoms. The number of benzene rings is 1. The molecule has 1 aliphatic carbocycles. The molecule has 0 heterocycles. The maximum absolute atomic E-state index is 12.8. The Morgan fingerprint density at radius 3 is 2.33 bits per heavy atom. The average Bonchev–Trinajstić information content (AvgIpc) is 2.49. The Bertz CT molecular complexity index is 334. The highest BCUT2D eigenvalue weighted by Crippen LogP contribution is 2.25. The fourth-order valence-corrected chi connectivity index (χ4v) is 1.81. The molecule has 1 aliphatic rings. The maximum atomic E-state index is 12.8. The fourth-order valence-electron chi connectivity index (χ4n) is 1.81. The zero-order chi connectivity index (χ0) is 10.8. The SMILES string of the molecule is OC1CCC(Oc2cc(F)cc(F)c2)C1. The van der Waals surface area contributed by atoms with Gasteiger partial charge in [0.1, 0.15) is 23.5 Å². The molecule has 1 fully saturated rings. The van der Waals surface area contributed by atoms with Gasteiger partial charge in [-0.2, -0.15) is 0 Å². The lowest BCUT2D eigenvalue weighted by atomic mass is 10.3. The molecular weight excluding hydrogens is 202 g/mol. The number of aliphatic hydroxyl groups excluding tert-OH is 1. The predicted molar refractivity (Wildman–Crippen MR) is 50.6 cm³/mol. The zero-order valence-corrected chi connectivity index (χ0v) is 8.12. The highest BCUT2D eigenvalue weighted by atomic mass is 19.1. The van der Waals surface area contributed by atoms with Gasteiger partial charge < -0.3 is 9.84 Å². The number of rotatable bonds is 2. The van der Waals surface area contributed by atoms with E-state index in [9.17, 15) is 13.9 Å². The first kappa shape index (κ1) is 10.4. The van der Waals surface area contributed by atoms with Crippen LogP contribution in [0.4, 0.5) is 8.78 Å². The summed E-state index contributed by atoms with van der Waals surface area (Å²) in [6, 6.07) is 3.10. The van der Waals surface area contributed by atoms with E-state index in [-0.39, 0.29) is 18.0 Å². The van der Waals surface area contributed by atoms with Crippen molar-refractivity contribution >= 4 is 0 Å². The molecule has 4 heteroatoms. The first-order valence-corrected chi connectivity index (χ1v) is 4.94. The van der Waals surface area contributed by atoms with Crippen LogP contribution in [-0.2, 0) is 0 Å². The van der Waals surface area contributed by atoms with E-state index in [2.05, 4.69) is 0 Å². The largest absolute Gasteiger partial charge is 0.490 e. The molecule has 1 aromatic carbocycles. The van der Waals surface area contributed by atoms with Gasteiger partial charge in [0.05, 0.1) is 6.10 Å². The third-order valence-electron chi connectivity index (χ3n) is 2.50. The van der Waals surface area contributed by atoms with Crippen LogP contribution in [0.25, 0.3) is 0 Å².